The van der Waals surface area contributed by atoms with Crippen molar-refractivity contribution in [1.82, 2.24) is 30.3 Å². The Morgan fingerprint density at radius 3 is 2.13 bits per heavy atom. The van der Waals surface area contributed by atoms with Crippen molar-refractivity contribution in [2.75, 3.05) is 48.5 Å². The number of nitrogens with one attached hydrogen (secondary N) is 2. The average molecular weight is 857 g/mol. The molecule has 2 N–H and O–H groups in total. The first kappa shape index (κ1) is 50.4. The van der Waals surface area contributed by atoms with Crippen molar-refractivity contribution < 1.29 is 38.2 Å². The van der Waals surface area contributed by atoms with Gasteiger partial charge in [0.1, 0.15) is 11.0 Å². The lowest BCUT2D eigenvalue weighted by molar-refractivity contribution is -0.148. The number of hydrogen-bond acceptors (Lipinski definition) is 11. The Labute approximate surface area is 362 Å². The van der Waals surface area contributed by atoms with Gasteiger partial charge in [0.25, 0.3) is 0 Å². The fraction of sp³-hybridized carbons (Fsp3) is 0.689. The molecule has 0 spiro atoms. The van der Waals surface area contributed by atoms with Gasteiger partial charge in [0.15, 0.2) is 5.69 Å². The van der Waals surface area contributed by atoms with Crippen LogP contribution in [0.5, 0.6) is 0 Å². The van der Waals surface area contributed by atoms with Crippen LogP contribution in [0.3, 0.4) is 0 Å². The van der Waals surface area contributed by atoms with E-state index in [1.54, 1.807) is 50.3 Å². The number of nitrogens with zero attached hydrogens (tertiary/aromatic N) is 4. The van der Waals surface area contributed by atoms with Crippen molar-refractivity contribution in [3.8, 4) is 0 Å². The molecule has 0 radical (unpaired) electrons. The Kier molecular flexibility index (Phi) is 20.1. The van der Waals surface area contributed by atoms with E-state index in [4.69, 9.17) is 14.2 Å². The Morgan fingerprint density at radius 2 is 1.58 bits per heavy atom. The number of rotatable bonds is 23. The number of benzene rings is 1. The number of aromatic nitrogens is 1. The number of ether oxygens (including phenoxy) is 3. The van der Waals surface area contributed by atoms with Crippen LogP contribution in [0.25, 0.3) is 0 Å². The standard InChI is InChI=1S/C45H72N6O8S/c1-14-29(7)39(50(11)44(55)37(27(3)4)48-42(54)38(28(5)6)49(9)10)35(57-12)25-36(52)51-23-19-22-34(51)40(58-13)30(8)41(53)46-32(24-31-20-17-16-18-21-31)43-47-33(26-60-43)45(56)59-15-2/h16-18,20-21,26-30,32,34-35,37-40H,14-15,19,22-25H2,1-13H3,(H,46,53)(H,48,54)/t29-,30+,32-,34?,35+,37?,38?,39-,40+/m0/s1. The highest BCUT2D eigenvalue weighted by Gasteiger charge is 2.43. The van der Waals surface area contributed by atoms with Crippen molar-refractivity contribution in [1.29, 1.82) is 0 Å². The highest BCUT2D eigenvalue weighted by molar-refractivity contribution is 7.09. The Hall–Kier alpha value is -3.92. The summed E-state index contributed by atoms with van der Waals surface area (Å²) < 4.78 is 17.3. The normalized spacial score (nSPS) is 18.3. The van der Waals surface area contributed by atoms with Crippen molar-refractivity contribution in [3.05, 3.63) is 52.0 Å². The molecule has 15 heteroatoms. The second-order valence-electron chi connectivity index (χ2n) is 17.0. The molecule has 3 rings (SSSR count). The molecule has 2 aromatic rings. The van der Waals surface area contributed by atoms with Gasteiger partial charge in [-0.2, -0.15) is 0 Å². The third-order valence-corrected chi connectivity index (χ3v) is 12.8. The Bertz CT molecular complexity index is 1680. The number of hydrogen-bond donors (Lipinski definition) is 2. The quantitative estimate of drug-likeness (QED) is 0.139. The van der Waals surface area contributed by atoms with Crippen LogP contribution in [0.2, 0.25) is 0 Å². The molecule has 3 unspecified atom stereocenters. The minimum Gasteiger partial charge on any atom is -0.461 e. The number of amides is 4. The maximum atomic E-state index is 14.4. The lowest BCUT2D eigenvalue weighted by Gasteiger charge is -2.41. The van der Waals surface area contributed by atoms with Crippen LogP contribution in [0, 0.1) is 23.7 Å². The summed E-state index contributed by atoms with van der Waals surface area (Å²) in [6, 6.07) is 7.19. The number of esters is 1. The molecule has 9 atom stereocenters. The van der Waals surface area contributed by atoms with Gasteiger partial charge in [-0.3, -0.25) is 24.1 Å². The smallest absolute Gasteiger partial charge is 0.357 e. The first-order valence-electron chi connectivity index (χ1n) is 21.5. The molecule has 336 valence electrons. The van der Waals surface area contributed by atoms with E-state index in [2.05, 4.69) is 15.6 Å². The lowest BCUT2D eigenvalue weighted by Crippen LogP contribution is -2.59. The molecule has 14 nitrogen and oxygen atoms in total. The molecule has 1 aliphatic heterocycles. The summed E-state index contributed by atoms with van der Waals surface area (Å²) in [5, 5.41) is 8.44. The number of carbonyl (C=O) groups is 5. The summed E-state index contributed by atoms with van der Waals surface area (Å²) in [4.78, 5) is 78.7. The predicted molar refractivity (Wildman–Crippen MR) is 234 cm³/mol. The maximum Gasteiger partial charge on any atom is 0.357 e. The highest BCUT2D eigenvalue weighted by Crippen LogP contribution is 2.31. The van der Waals surface area contributed by atoms with Gasteiger partial charge in [-0.15, -0.1) is 11.3 Å². The van der Waals surface area contributed by atoms with Gasteiger partial charge in [-0.25, -0.2) is 9.78 Å². The zero-order valence-electron chi connectivity index (χ0n) is 38.2. The molecule has 0 saturated carbocycles. The summed E-state index contributed by atoms with van der Waals surface area (Å²) in [5.74, 6) is -2.22. The second kappa shape index (κ2) is 23.9. The summed E-state index contributed by atoms with van der Waals surface area (Å²) in [6.07, 6.45) is 1.31. The molecular formula is C45H72N6O8S. The van der Waals surface area contributed by atoms with Crippen LogP contribution in [-0.4, -0.2) is 134 Å². The van der Waals surface area contributed by atoms with Crippen LogP contribution in [-0.2, 0) is 39.8 Å². The molecule has 1 fully saturated rings. The van der Waals surface area contributed by atoms with Crippen molar-refractivity contribution in [2.45, 2.75) is 130 Å². The molecule has 0 bridgehead atoms. The van der Waals surface area contributed by atoms with Crippen LogP contribution < -0.4 is 10.6 Å². The summed E-state index contributed by atoms with van der Waals surface area (Å²) >= 11 is 1.29. The predicted octanol–water partition coefficient (Wildman–Crippen LogP) is 5.37. The molecule has 1 saturated heterocycles. The van der Waals surface area contributed by atoms with Crippen LogP contribution in [0.15, 0.2) is 35.7 Å². The van der Waals surface area contributed by atoms with Gasteiger partial charge >= 0.3 is 5.97 Å². The van der Waals surface area contributed by atoms with E-state index >= 15 is 0 Å². The zero-order valence-corrected chi connectivity index (χ0v) is 39.0. The van der Waals surface area contributed by atoms with Gasteiger partial charge in [0, 0.05) is 33.2 Å². The fourth-order valence-electron chi connectivity index (χ4n) is 8.51. The molecule has 1 aromatic carbocycles. The topological polar surface area (TPSA) is 160 Å². The first-order chi connectivity index (χ1) is 28.4. The summed E-state index contributed by atoms with van der Waals surface area (Å²) in [6.45, 7) is 16.1. The second-order valence-corrected chi connectivity index (χ2v) is 17.9. The molecular weight excluding hydrogens is 785 g/mol. The molecule has 0 aliphatic carbocycles. The number of likely N-dealkylation sites (tertiary alicyclic amines) is 1. The minimum atomic E-state index is -0.774. The minimum absolute atomic E-state index is 0.0113. The van der Waals surface area contributed by atoms with Crippen LogP contribution >= 0.6 is 11.3 Å². The number of methoxy groups -OCH3 is 2. The summed E-state index contributed by atoms with van der Waals surface area (Å²) in [5.41, 5.74) is 1.18. The van der Waals surface area contributed by atoms with Crippen LogP contribution in [0.1, 0.15) is 108 Å². The van der Waals surface area contributed by atoms with E-state index in [-0.39, 0.29) is 66.1 Å². The van der Waals surface area contributed by atoms with E-state index in [0.717, 1.165) is 18.4 Å². The molecule has 4 amide bonds. The third kappa shape index (κ3) is 13.0. The number of carbonyl (C=O) groups excluding carboxylic acids is 5. The van der Waals surface area contributed by atoms with Crippen molar-refractivity contribution in [3.63, 3.8) is 0 Å². The average Bonchev–Trinajstić information content (AvgIpc) is 3.91. The van der Waals surface area contributed by atoms with Crippen molar-refractivity contribution >= 4 is 40.9 Å². The largest absolute Gasteiger partial charge is 0.461 e. The van der Waals surface area contributed by atoms with Gasteiger partial charge in [0.2, 0.25) is 23.6 Å². The maximum absolute atomic E-state index is 14.4. The SMILES string of the molecule is CCOC(=O)c1csc([C@H](Cc2ccccc2)NC(=O)[C@H](C)[C@@H](OC)C2CCCN2C(=O)C[C@@H](OC)[C@H]([C@@H](C)CC)N(C)C(=O)C(NC(=O)C(C(C)C)N(C)C)C(C)C)n1. The van der Waals surface area contributed by atoms with E-state index in [0.29, 0.717) is 24.4 Å². The highest BCUT2D eigenvalue weighted by atomic mass is 32.1. The fourth-order valence-corrected chi connectivity index (χ4v) is 9.35. The zero-order chi connectivity index (χ0) is 44.8. The monoisotopic (exact) mass is 857 g/mol. The molecule has 60 heavy (non-hydrogen) atoms. The Morgan fingerprint density at radius 1 is 0.917 bits per heavy atom. The van der Waals surface area contributed by atoms with E-state index < -0.39 is 48.3 Å². The molecule has 2 heterocycles. The van der Waals surface area contributed by atoms with E-state index in [1.807, 2.05) is 90.9 Å². The van der Waals surface area contributed by atoms with Gasteiger partial charge in [-0.05, 0) is 63.6 Å². The van der Waals surface area contributed by atoms with Crippen LogP contribution in [0.4, 0.5) is 0 Å². The number of likely N-dealkylation sites (N-methyl/N-ethyl adjacent to an activating group) is 2. The lowest BCUT2D eigenvalue weighted by atomic mass is 9.89. The van der Waals surface area contributed by atoms with Crippen molar-refractivity contribution in [2.24, 2.45) is 23.7 Å². The van der Waals surface area contributed by atoms with Gasteiger partial charge in [0.05, 0.1) is 55.3 Å². The molecule has 1 aliphatic rings. The van der Waals surface area contributed by atoms with E-state index in [9.17, 15) is 24.0 Å². The Balaban J connectivity index is 1.83. The van der Waals surface area contributed by atoms with E-state index in [1.165, 1.54) is 11.3 Å². The third-order valence-electron chi connectivity index (χ3n) is 11.8. The molecule has 1 aromatic heterocycles. The number of thiazole rings is 1. The van der Waals surface area contributed by atoms with Gasteiger partial charge < -0.3 is 34.6 Å². The first-order valence-corrected chi connectivity index (χ1v) is 22.3. The summed E-state index contributed by atoms with van der Waals surface area (Å²) in [7, 11) is 8.57. The van der Waals surface area contributed by atoms with Gasteiger partial charge in [-0.1, -0.05) is 85.2 Å².